The summed E-state index contributed by atoms with van der Waals surface area (Å²) in [6.07, 6.45) is 0.988. The molecule has 1 aliphatic heterocycles. The molecule has 0 saturated carbocycles. The minimum Gasteiger partial charge on any atom is -0.378 e. The zero-order valence-electron chi connectivity index (χ0n) is 14.6. The molecule has 0 unspecified atom stereocenters. The molecular formula is C17H23N5O2S. The third-order valence-corrected chi connectivity index (χ3v) is 5.10. The number of aromatic nitrogens is 3. The van der Waals surface area contributed by atoms with Crippen molar-refractivity contribution in [1.82, 2.24) is 14.8 Å². The first-order valence-electron chi connectivity index (χ1n) is 8.41. The molecule has 0 spiro atoms. The van der Waals surface area contributed by atoms with E-state index in [0.29, 0.717) is 19.0 Å². The maximum atomic E-state index is 12.1. The van der Waals surface area contributed by atoms with Gasteiger partial charge in [-0.2, -0.15) is 0 Å². The molecule has 8 heteroatoms. The highest BCUT2D eigenvalue weighted by molar-refractivity contribution is 7.99. The lowest BCUT2D eigenvalue weighted by Gasteiger charge is -2.27. The van der Waals surface area contributed by atoms with E-state index >= 15 is 0 Å². The van der Waals surface area contributed by atoms with Gasteiger partial charge in [-0.3, -0.25) is 9.36 Å². The number of carbonyl (C=O) groups is 1. The van der Waals surface area contributed by atoms with Crippen LogP contribution in [0.3, 0.4) is 0 Å². The van der Waals surface area contributed by atoms with E-state index in [4.69, 9.17) is 4.74 Å². The second kappa shape index (κ2) is 8.35. The van der Waals surface area contributed by atoms with Gasteiger partial charge in [0.15, 0.2) is 5.16 Å². The molecule has 1 aromatic heterocycles. The van der Waals surface area contributed by atoms with E-state index in [0.717, 1.165) is 36.3 Å². The Balaban J connectivity index is 1.54. The van der Waals surface area contributed by atoms with Gasteiger partial charge < -0.3 is 15.0 Å². The number of anilines is 2. The molecule has 1 N–H and O–H groups in total. The second-order valence-electron chi connectivity index (χ2n) is 5.83. The molecule has 25 heavy (non-hydrogen) atoms. The lowest BCUT2D eigenvalue weighted by atomic mass is 10.1. The molecule has 0 aliphatic carbocycles. The lowest BCUT2D eigenvalue weighted by Crippen LogP contribution is -2.37. The molecule has 1 saturated heterocycles. The summed E-state index contributed by atoms with van der Waals surface area (Å²) < 4.78 is 7.29. The average Bonchev–Trinajstić information content (AvgIpc) is 3.02. The average molecular weight is 361 g/mol. The first-order chi connectivity index (χ1) is 12.2. The van der Waals surface area contributed by atoms with Gasteiger partial charge in [0.2, 0.25) is 11.9 Å². The van der Waals surface area contributed by atoms with Gasteiger partial charge in [0, 0.05) is 25.8 Å². The number of thioether (sulfide) groups is 1. The highest BCUT2D eigenvalue weighted by Crippen LogP contribution is 2.21. The number of morpholine rings is 1. The number of benzene rings is 1. The predicted octanol–water partition coefficient (Wildman–Crippen LogP) is 1.94. The first-order valence-corrected chi connectivity index (χ1v) is 9.39. The molecule has 134 valence electrons. The summed E-state index contributed by atoms with van der Waals surface area (Å²) in [4.78, 5) is 14.3. The molecule has 7 nitrogen and oxygen atoms in total. The Morgan fingerprint density at radius 2 is 1.96 bits per heavy atom. The minimum absolute atomic E-state index is 0.0508. The van der Waals surface area contributed by atoms with E-state index in [9.17, 15) is 4.79 Å². The molecule has 3 rings (SSSR count). The zero-order chi connectivity index (χ0) is 17.6. The van der Waals surface area contributed by atoms with Crippen LogP contribution < -0.4 is 10.2 Å². The summed E-state index contributed by atoms with van der Waals surface area (Å²) in [5.74, 6) is 1.07. The van der Waals surface area contributed by atoms with Crippen molar-refractivity contribution in [1.29, 1.82) is 0 Å². The Morgan fingerprint density at radius 3 is 2.64 bits per heavy atom. The third kappa shape index (κ3) is 4.52. The smallest absolute Gasteiger partial charge is 0.234 e. The first kappa shape index (κ1) is 17.8. The van der Waals surface area contributed by atoms with Crippen molar-refractivity contribution in [2.75, 3.05) is 42.3 Å². The summed E-state index contributed by atoms with van der Waals surface area (Å²) >= 11 is 1.39. The Kier molecular flexibility index (Phi) is 5.93. The summed E-state index contributed by atoms with van der Waals surface area (Å²) in [6, 6.07) is 7.92. The number of aryl methyl sites for hydroxylation is 1. The number of rotatable bonds is 6. The van der Waals surface area contributed by atoms with E-state index in [1.807, 2.05) is 35.9 Å². The van der Waals surface area contributed by atoms with Gasteiger partial charge in [-0.15, -0.1) is 10.2 Å². The summed E-state index contributed by atoms with van der Waals surface area (Å²) in [7, 11) is 1.93. The molecule has 1 aliphatic rings. The summed E-state index contributed by atoms with van der Waals surface area (Å²) in [6.45, 7) is 5.13. The highest BCUT2D eigenvalue weighted by Gasteiger charge is 2.19. The van der Waals surface area contributed by atoms with E-state index in [1.165, 1.54) is 17.3 Å². The van der Waals surface area contributed by atoms with Crippen molar-refractivity contribution in [2.45, 2.75) is 18.5 Å². The minimum atomic E-state index is -0.0508. The molecule has 0 atom stereocenters. The van der Waals surface area contributed by atoms with Crippen molar-refractivity contribution < 1.29 is 9.53 Å². The van der Waals surface area contributed by atoms with Crippen LogP contribution in [0.5, 0.6) is 0 Å². The SMILES string of the molecule is CCc1ccc(NC(=O)CSc2nnc(N3CCOCC3)n2C)cc1. The van der Waals surface area contributed by atoms with Crippen LogP contribution in [0.25, 0.3) is 0 Å². The van der Waals surface area contributed by atoms with E-state index in [2.05, 4.69) is 27.3 Å². The molecule has 2 heterocycles. The fraction of sp³-hybridized carbons (Fsp3) is 0.471. The normalized spacial score (nSPS) is 14.6. The summed E-state index contributed by atoms with van der Waals surface area (Å²) in [5.41, 5.74) is 2.07. The Morgan fingerprint density at radius 1 is 1.24 bits per heavy atom. The van der Waals surface area contributed by atoms with Crippen LogP contribution >= 0.6 is 11.8 Å². The topological polar surface area (TPSA) is 72.3 Å². The Labute approximate surface area is 151 Å². The number of hydrogen-bond acceptors (Lipinski definition) is 6. The van der Waals surface area contributed by atoms with E-state index < -0.39 is 0 Å². The van der Waals surface area contributed by atoms with E-state index in [1.54, 1.807) is 0 Å². The van der Waals surface area contributed by atoms with Crippen LogP contribution in [-0.4, -0.2) is 52.7 Å². The fourth-order valence-electron chi connectivity index (χ4n) is 2.62. The highest BCUT2D eigenvalue weighted by atomic mass is 32.2. The van der Waals surface area contributed by atoms with Crippen molar-refractivity contribution >= 4 is 29.3 Å². The molecule has 0 bridgehead atoms. The predicted molar refractivity (Wildman–Crippen MR) is 99.2 cm³/mol. The molecule has 0 radical (unpaired) electrons. The molecule has 1 amide bonds. The standard InChI is InChI=1S/C17H23N5O2S/c1-3-13-4-6-14(7-5-13)18-15(23)12-25-17-20-19-16(21(17)2)22-8-10-24-11-9-22/h4-7H,3,8-12H2,1-2H3,(H,18,23). The van der Waals surface area contributed by atoms with Crippen molar-refractivity contribution in [2.24, 2.45) is 7.05 Å². The van der Waals surface area contributed by atoms with Gasteiger partial charge >= 0.3 is 0 Å². The van der Waals surface area contributed by atoms with Crippen LogP contribution in [0.15, 0.2) is 29.4 Å². The lowest BCUT2D eigenvalue weighted by molar-refractivity contribution is -0.113. The fourth-order valence-corrected chi connectivity index (χ4v) is 3.33. The van der Waals surface area contributed by atoms with Crippen molar-refractivity contribution in [3.63, 3.8) is 0 Å². The number of nitrogens with one attached hydrogen (secondary N) is 1. The van der Waals surface area contributed by atoms with Crippen molar-refractivity contribution in [3.05, 3.63) is 29.8 Å². The number of ether oxygens (including phenoxy) is 1. The van der Waals surface area contributed by atoms with Crippen LogP contribution in [0.4, 0.5) is 11.6 Å². The van der Waals surface area contributed by atoms with Gasteiger partial charge in [0.1, 0.15) is 0 Å². The molecular weight excluding hydrogens is 338 g/mol. The second-order valence-corrected chi connectivity index (χ2v) is 6.77. The van der Waals surface area contributed by atoms with Crippen LogP contribution in [0.2, 0.25) is 0 Å². The quantitative estimate of drug-likeness (QED) is 0.793. The van der Waals surface area contributed by atoms with Crippen LogP contribution in [-0.2, 0) is 23.0 Å². The Bertz CT molecular complexity index is 710. The van der Waals surface area contributed by atoms with Crippen molar-refractivity contribution in [3.8, 4) is 0 Å². The maximum absolute atomic E-state index is 12.1. The molecule has 2 aromatic rings. The van der Waals surface area contributed by atoms with Gasteiger partial charge in [-0.05, 0) is 24.1 Å². The van der Waals surface area contributed by atoms with Gasteiger partial charge in [-0.1, -0.05) is 30.8 Å². The third-order valence-electron chi connectivity index (χ3n) is 4.08. The molecule has 1 fully saturated rings. The molecule has 1 aromatic carbocycles. The number of carbonyl (C=O) groups excluding carboxylic acids is 1. The zero-order valence-corrected chi connectivity index (χ0v) is 15.4. The number of nitrogens with zero attached hydrogens (tertiary/aromatic N) is 4. The van der Waals surface area contributed by atoms with Gasteiger partial charge in [-0.25, -0.2) is 0 Å². The van der Waals surface area contributed by atoms with Gasteiger partial charge in [0.05, 0.1) is 19.0 Å². The maximum Gasteiger partial charge on any atom is 0.234 e. The summed E-state index contributed by atoms with van der Waals surface area (Å²) in [5, 5.41) is 12.1. The number of amides is 1. The Hall–Kier alpha value is -2.06. The monoisotopic (exact) mass is 361 g/mol. The van der Waals surface area contributed by atoms with Crippen LogP contribution in [0.1, 0.15) is 12.5 Å². The van der Waals surface area contributed by atoms with E-state index in [-0.39, 0.29) is 5.91 Å². The largest absolute Gasteiger partial charge is 0.378 e. The van der Waals surface area contributed by atoms with Gasteiger partial charge in [0.25, 0.3) is 0 Å². The van der Waals surface area contributed by atoms with Crippen LogP contribution in [0, 0.1) is 0 Å². The number of hydrogen-bond donors (Lipinski definition) is 1.